The number of hydrogen-bond acceptors (Lipinski definition) is 7. The summed E-state index contributed by atoms with van der Waals surface area (Å²) < 4.78 is 60.2. The number of anilines is 1. The summed E-state index contributed by atoms with van der Waals surface area (Å²) in [5, 5.41) is 10.1. The number of aliphatic hydroxyl groups excluding tert-OH is 1. The molecule has 2 atom stereocenters. The number of piperidine rings is 1. The molecule has 2 aromatic carbocycles. The van der Waals surface area contributed by atoms with Crippen molar-refractivity contribution in [2.24, 2.45) is 0 Å². The molecule has 1 aromatic heterocycles. The molecule has 1 aliphatic rings. The molecule has 4 rings (SSSR count). The number of nitrogens with zero attached hydrogens (tertiary/aromatic N) is 3. The summed E-state index contributed by atoms with van der Waals surface area (Å²) in [5.74, 6) is -1.88. The molecule has 0 radical (unpaired) electrons. The maximum atomic E-state index is 14.8. The second-order valence-corrected chi connectivity index (χ2v) is 9.73. The van der Waals surface area contributed by atoms with E-state index in [0.29, 0.717) is 25.5 Å². The third-order valence-electron chi connectivity index (χ3n) is 5.22. The fraction of sp³-hybridized carbons (Fsp3) is 0.300. The van der Waals surface area contributed by atoms with Crippen molar-refractivity contribution in [1.82, 2.24) is 14.3 Å². The highest BCUT2D eigenvalue weighted by atomic mass is 32.2. The Labute approximate surface area is 182 Å². The Balaban J connectivity index is 1.59. The molecular weight excluding hydrogens is 446 g/mol. The lowest BCUT2D eigenvalue weighted by Gasteiger charge is -2.38. The molecule has 31 heavy (non-hydrogen) atoms. The van der Waals surface area contributed by atoms with Gasteiger partial charge in [-0.2, -0.15) is 4.37 Å². The third-order valence-corrected chi connectivity index (χ3v) is 7.28. The van der Waals surface area contributed by atoms with Gasteiger partial charge < -0.3 is 5.11 Å². The first kappa shape index (κ1) is 21.8. The van der Waals surface area contributed by atoms with E-state index in [9.17, 15) is 22.3 Å². The van der Waals surface area contributed by atoms with Gasteiger partial charge in [0.2, 0.25) is 5.13 Å². The smallest absolute Gasteiger partial charge is 0.266 e. The van der Waals surface area contributed by atoms with Crippen molar-refractivity contribution in [2.75, 3.05) is 11.3 Å². The zero-order chi connectivity index (χ0) is 22.0. The third kappa shape index (κ3) is 4.90. The van der Waals surface area contributed by atoms with E-state index in [-0.39, 0.29) is 23.3 Å². The summed E-state index contributed by atoms with van der Waals surface area (Å²) in [7, 11) is -4.35. The Morgan fingerprint density at radius 3 is 2.68 bits per heavy atom. The van der Waals surface area contributed by atoms with Crippen LogP contribution in [0.25, 0.3) is 0 Å². The second kappa shape index (κ2) is 8.95. The van der Waals surface area contributed by atoms with Crippen LogP contribution in [0.4, 0.5) is 13.9 Å². The Kier molecular flexibility index (Phi) is 6.28. The molecule has 1 fully saturated rings. The molecule has 1 saturated heterocycles. The van der Waals surface area contributed by atoms with Crippen LogP contribution in [0.1, 0.15) is 30.0 Å². The summed E-state index contributed by atoms with van der Waals surface area (Å²) in [6.07, 6.45) is 1.68. The van der Waals surface area contributed by atoms with Crippen LogP contribution < -0.4 is 4.72 Å². The second-order valence-electron chi connectivity index (χ2n) is 7.30. The minimum absolute atomic E-state index is 0.0403. The molecule has 1 aliphatic heterocycles. The number of rotatable bonds is 6. The Morgan fingerprint density at radius 2 is 1.97 bits per heavy atom. The van der Waals surface area contributed by atoms with Crippen LogP contribution in [0, 0.1) is 11.6 Å². The van der Waals surface area contributed by atoms with Crippen LogP contribution in [0.2, 0.25) is 0 Å². The Morgan fingerprint density at radius 1 is 1.19 bits per heavy atom. The van der Waals surface area contributed by atoms with Gasteiger partial charge in [-0.1, -0.05) is 30.3 Å². The van der Waals surface area contributed by atoms with Gasteiger partial charge in [0.15, 0.2) is 0 Å². The summed E-state index contributed by atoms with van der Waals surface area (Å²) >= 11 is 0.785. The molecule has 0 spiro atoms. The maximum absolute atomic E-state index is 14.8. The van der Waals surface area contributed by atoms with Gasteiger partial charge in [0.05, 0.1) is 6.10 Å². The first-order chi connectivity index (χ1) is 14.8. The van der Waals surface area contributed by atoms with Gasteiger partial charge in [0, 0.05) is 36.2 Å². The van der Waals surface area contributed by atoms with E-state index in [1.807, 2.05) is 35.2 Å². The monoisotopic (exact) mass is 466 g/mol. The zero-order valence-electron chi connectivity index (χ0n) is 16.3. The number of halogens is 2. The number of likely N-dealkylation sites (tertiary alicyclic amines) is 1. The highest BCUT2D eigenvalue weighted by Crippen LogP contribution is 2.33. The number of aliphatic hydroxyl groups is 1. The van der Waals surface area contributed by atoms with Gasteiger partial charge in [-0.15, -0.1) is 0 Å². The summed E-state index contributed by atoms with van der Waals surface area (Å²) in [6, 6.07) is 11.0. The first-order valence-electron chi connectivity index (χ1n) is 9.58. The Bertz CT molecular complexity index is 1140. The van der Waals surface area contributed by atoms with Gasteiger partial charge in [-0.3, -0.25) is 9.62 Å². The van der Waals surface area contributed by atoms with E-state index >= 15 is 0 Å². The predicted molar refractivity (Wildman–Crippen MR) is 112 cm³/mol. The number of benzene rings is 2. The molecule has 164 valence electrons. The lowest BCUT2D eigenvalue weighted by Crippen LogP contribution is -2.38. The molecule has 0 unspecified atom stereocenters. The number of hydrogen-bond donors (Lipinski definition) is 2. The van der Waals surface area contributed by atoms with Crippen molar-refractivity contribution in [1.29, 1.82) is 0 Å². The highest BCUT2D eigenvalue weighted by molar-refractivity contribution is 7.93. The van der Waals surface area contributed by atoms with Crippen LogP contribution in [0.5, 0.6) is 0 Å². The van der Waals surface area contributed by atoms with Crippen LogP contribution in [0.3, 0.4) is 0 Å². The van der Waals surface area contributed by atoms with Crippen molar-refractivity contribution < 1.29 is 22.3 Å². The molecule has 0 aliphatic carbocycles. The minimum Gasteiger partial charge on any atom is -0.393 e. The van der Waals surface area contributed by atoms with Crippen molar-refractivity contribution in [3.05, 3.63) is 71.6 Å². The molecule has 0 bridgehead atoms. The van der Waals surface area contributed by atoms with E-state index < -0.39 is 32.7 Å². The topological polar surface area (TPSA) is 95.4 Å². The highest BCUT2D eigenvalue weighted by Gasteiger charge is 2.30. The fourth-order valence-corrected chi connectivity index (χ4v) is 5.44. The lowest BCUT2D eigenvalue weighted by atomic mass is 9.93. The average Bonchev–Trinajstić information content (AvgIpc) is 3.24. The SMILES string of the molecule is O=S(=O)(Nc1ncns1)c1cc(F)c(CN2CC[C@@H](O)C[C@H]2c2ccccc2)cc1F. The van der Waals surface area contributed by atoms with Gasteiger partial charge in [0.25, 0.3) is 10.0 Å². The van der Waals surface area contributed by atoms with Gasteiger partial charge >= 0.3 is 0 Å². The molecule has 0 amide bonds. The molecule has 0 saturated carbocycles. The van der Waals surface area contributed by atoms with Crippen molar-refractivity contribution in [3.63, 3.8) is 0 Å². The number of aromatic nitrogens is 2. The standard InChI is InChI=1S/C20H20F2N4O3S2/c21-16-10-19(31(28,29)25-20-23-12-24-30-20)17(22)8-14(16)11-26-7-6-15(27)9-18(26)13-4-2-1-3-5-13/h1-5,8,10,12,15,18,27H,6-7,9,11H2,(H,23,24,25)/t15-,18+/m1/s1. The van der Waals surface area contributed by atoms with Crippen LogP contribution in [0.15, 0.2) is 53.7 Å². The zero-order valence-corrected chi connectivity index (χ0v) is 17.9. The quantitative estimate of drug-likeness (QED) is 0.579. The molecule has 11 heteroatoms. The number of nitrogens with one attached hydrogen (secondary N) is 1. The van der Waals surface area contributed by atoms with Crippen molar-refractivity contribution >= 4 is 26.7 Å². The van der Waals surface area contributed by atoms with Crippen molar-refractivity contribution in [2.45, 2.75) is 36.4 Å². The lowest BCUT2D eigenvalue weighted by molar-refractivity contribution is 0.0358. The molecule has 2 N–H and O–H groups in total. The van der Waals surface area contributed by atoms with E-state index in [2.05, 4.69) is 14.1 Å². The maximum Gasteiger partial charge on any atom is 0.266 e. The van der Waals surface area contributed by atoms with Crippen LogP contribution >= 0.6 is 11.5 Å². The molecule has 2 heterocycles. The van der Waals surface area contributed by atoms with E-state index in [0.717, 1.165) is 29.5 Å². The minimum atomic E-state index is -4.35. The van der Waals surface area contributed by atoms with E-state index in [1.54, 1.807) is 0 Å². The molecule has 3 aromatic rings. The Hall–Kier alpha value is -2.47. The number of sulfonamides is 1. The molecular formula is C20H20F2N4O3S2. The van der Waals surface area contributed by atoms with Crippen LogP contribution in [-0.2, 0) is 16.6 Å². The van der Waals surface area contributed by atoms with Gasteiger partial charge in [-0.25, -0.2) is 22.2 Å². The fourth-order valence-electron chi connectivity index (χ4n) is 3.71. The summed E-state index contributed by atoms with van der Waals surface area (Å²) in [6.45, 7) is 0.583. The van der Waals surface area contributed by atoms with E-state index in [4.69, 9.17) is 0 Å². The van der Waals surface area contributed by atoms with Gasteiger partial charge in [0.1, 0.15) is 22.9 Å². The summed E-state index contributed by atoms with van der Waals surface area (Å²) in [4.78, 5) is 4.86. The van der Waals surface area contributed by atoms with Gasteiger partial charge in [-0.05, 0) is 30.5 Å². The largest absolute Gasteiger partial charge is 0.393 e. The average molecular weight is 467 g/mol. The normalized spacial score (nSPS) is 20.0. The van der Waals surface area contributed by atoms with Crippen LogP contribution in [-0.4, -0.2) is 40.4 Å². The predicted octanol–water partition coefficient (Wildman–Crippen LogP) is 3.32. The first-order valence-corrected chi connectivity index (χ1v) is 11.8. The molecule has 7 nitrogen and oxygen atoms in total. The summed E-state index contributed by atoms with van der Waals surface area (Å²) in [5.41, 5.74) is 1.02. The van der Waals surface area contributed by atoms with Crippen molar-refractivity contribution in [3.8, 4) is 0 Å². The van der Waals surface area contributed by atoms with E-state index in [1.165, 1.54) is 0 Å².